The molecule has 1 unspecified atom stereocenters. The van der Waals surface area contributed by atoms with E-state index in [9.17, 15) is 22.8 Å². The Morgan fingerprint density at radius 2 is 1.77 bits per heavy atom. The summed E-state index contributed by atoms with van der Waals surface area (Å²) in [5.41, 5.74) is 0.0495. The fraction of sp³-hybridized carbons (Fsp3) is 0.348. The van der Waals surface area contributed by atoms with Crippen LogP contribution in [0.25, 0.3) is 11.0 Å². The molecule has 8 heteroatoms. The lowest BCUT2D eigenvalue weighted by molar-refractivity contribution is -0.142. The second kappa shape index (κ2) is 8.91. The van der Waals surface area contributed by atoms with Crippen LogP contribution in [0.5, 0.6) is 0 Å². The van der Waals surface area contributed by atoms with Crippen molar-refractivity contribution in [2.75, 3.05) is 0 Å². The van der Waals surface area contributed by atoms with E-state index in [1.54, 1.807) is 19.9 Å². The lowest BCUT2D eigenvalue weighted by atomic mass is 10.1. The SMILES string of the molecule is Cc1cc2nc(C(F)(F)F)c(=O)n(CC(=O)NC(C)CCc3ccccc3)c2cc1C. The molecule has 3 aromatic rings. The van der Waals surface area contributed by atoms with Gasteiger partial charge in [0.15, 0.2) is 0 Å². The number of rotatable bonds is 6. The molecule has 1 N–H and O–H groups in total. The summed E-state index contributed by atoms with van der Waals surface area (Å²) in [6.07, 6.45) is -3.50. The summed E-state index contributed by atoms with van der Waals surface area (Å²) < 4.78 is 41.0. The van der Waals surface area contributed by atoms with Crippen LogP contribution < -0.4 is 10.9 Å². The fourth-order valence-electron chi connectivity index (χ4n) is 3.40. The monoisotopic (exact) mass is 431 g/mol. The first-order valence-electron chi connectivity index (χ1n) is 9.98. The molecule has 1 amide bonds. The number of alkyl halides is 3. The van der Waals surface area contributed by atoms with Crippen molar-refractivity contribution < 1.29 is 18.0 Å². The van der Waals surface area contributed by atoms with Gasteiger partial charge < -0.3 is 5.32 Å². The van der Waals surface area contributed by atoms with Crippen LogP contribution in [0, 0.1) is 13.8 Å². The Balaban J connectivity index is 1.85. The van der Waals surface area contributed by atoms with Crippen molar-refractivity contribution in [2.24, 2.45) is 0 Å². The number of carbonyl (C=O) groups is 1. The zero-order valence-electron chi connectivity index (χ0n) is 17.6. The van der Waals surface area contributed by atoms with Gasteiger partial charge in [-0.15, -0.1) is 0 Å². The number of nitrogens with zero attached hydrogens (tertiary/aromatic N) is 2. The van der Waals surface area contributed by atoms with Gasteiger partial charge in [-0.25, -0.2) is 4.98 Å². The molecule has 0 aliphatic heterocycles. The quantitative estimate of drug-likeness (QED) is 0.637. The van der Waals surface area contributed by atoms with Crippen LogP contribution in [0.15, 0.2) is 47.3 Å². The van der Waals surface area contributed by atoms with E-state index in [1.807, 2.05) is 37.3 Å². The second-order valence-electron chi connectivity index (χ2n) is 7.77. The van der Waals surface area contributed by atoms with Crippen LogP contribution in [-0.4, -0.2) is 21.5 Å². The maximum absolute atomic E-state index is 13.4. The van der Waals surface area contributed by atoms with Crippen LogP contribution in [0.4, 0.5) is 13.2 Å². The largest absolute Gasteiger partial charge is 0.438 e. The molecule has 5 nitrogen and oxygen atoms in total. The summed E-state index contributed by atoms with van der Waals surface area (Å²) in [7, 11) is 0. The molecule has 0 aliphatic carbocycles. The maximum Gasteiger partial charge on any atom is 0.438 e. The number of halogens is 3. The van der Waals surface area contributed by atoms with Gasteiger partial charge in [-0.05, 0) is 62.4 Å². The lowest BCUT2D eigenvalue weighted by Crippen LogP contribution is -2.39. The third kappa shape index (κ3) is 5.31. The Hall–Kier alpha value is -3.16. The molecule has 0 spiro atoms. The summed E-state index contributed by atoms with van der Waals surface area (Å²) >= 11 is 0. The Kier molecular flexibility index (Phi) is 6.48. The zero-order chi connectivity index (χ0) is 22.8. The minimum absolute atomic E-state index is 0.0277. The minimum Gasteiger partial charge on any atom is -0.352 e. The summed E-state index contributed by atoms with van der Waals surface area (Å²) in [4.78, 5) is 28.7. The third-order valence-electron chi connectivity index (χ3n) is 5.25. The highest BCUT2D eigenvalue weighted by Gasteiger charge is 2.37. The number of benzene rings is 2. The van der Waals surface area contributed by atoms with Crippen LogP contribution >= 0.6 is 0 Å². The highest BCUT2D eigenvalue weighted by Crippen LogP contribution is 2.27. The van der Waals surface area contributed by atoms with Gasteiger partial charge in [0.05, 0.1) is 11.0 Å². The van der Waals surface area contributed by atoms with E-state index in [0.717, 1.165) is 27.7 Å². The van der Waals surface area contributed by atoms with Crippen LogP contribution in [0.3, 0.4) is 0 Å². The number of aryl methyl sites for hydroxylation is 3. The summed E-state index contributed by atoms with van der Waals surface area (Å²) in [6, 6.07) is 12.6. The highest BCUT2D eigenvalue weighted by molar-refractivity contribution is 5.81. The number of hydrogen-bond acceptors (Lipinski definition) is 3. The number of amides is 1. The molecule has 0 bridgehead atoms. The molecular formula is C23H24F3N3O2. The van der Waals surface area contributed by atoms with E-state index in [4.69, 9.17) is 0 Å². The molecule has 0 radical (unpaired) electrons. The predicted octanol–water partition coefficient (Wildman–Crippen LogP) is 4.17. The van der Waals surface area contributed by atoms with Crippen molar-refractivity contribution in [3.05, 3.63) is 75.2 Å². The van der Waals surface area contributed by atoms with E-state index < -0.39 is 29.9 Å². The topological polar surface area (TPSA) is 64.0 Å². The Morgan fingerprint density at radius 1 is 1.13 bits per heavy atom. The number of carbonyl (C=O) groups excluding carboxylic acids is 1. The van der Waals surface area contributed by atoms with Crippen molar-refractivity contribution in [3.63, 3.8) is 0 Å². The van der Waals surface area contributed by atoms with Crippen molar-refractivity contribution in [1.82, 2.24) is 14.9 Å². The average Bonchev–Trinajstić information content (AvgIpc) is 2.70. The van der Waals surface area contributed by atoms with Gasteiger partial charge in [-0.1, -0.05) is 30.3 Å². The second-order valence-corrected chi connectivity index (χ2v) is 7.77. The molecule has 1 heterocycles. The van der Waals surface area contributed by atoms with Gasteiger partial charge in [0, 0.05) is 6.04 Å². The van der Waals surface area contributed by atoms with Gasteiger partial charge in [-0.3, -0.25) is 14.2 Å². The summed E-state index contributed by atoms with van der Waals surface area (Å²) in [5.74, 6) is -0.526. The van der Waals surface area contributed by atoms with Gasteiger partial charge in [0.1, 0.15) is 6.54 Å². The molecular weight excluding hydrogens is 407 g/mol. The van der Waals surface area contributed by atoms with E-state index in [-0.39, 0.29) is 17.1 Å². The molecule has 1 atom stereocenters. The number of hydrogen-bond donors (Lipinski definition) is 1. The number of aromatic nitrogens is 2. The van der Waals surface area contributed by atoms with Crippen LogP contribution in [0.1, 0.15) is 35.7 Å². The van der Waals surface area contributed by atoms with Crippen molar-refractivity contribution in [3.8, 4) is 0 Å². The van der Waals surface area contributed by atoms with Gasteiger partial charge >= 0.3 is 6.18 Å². The van der Waals surface area contributed by atoms with Gasteiger partial charge in [0.25, 0.3) is 5.56 Å². The summed E-state index contributed by atoms with van der Waals surface area (Å²) in [6.45, 7) is 4.84. The lowest BCUT2D eigenvalue weighted by Gasteiger charge is -2.17. The molecule has 3 rings (SSSR count). The third-order valence-corrected chi connectivity index (χ3v) is 5.25. The van der Waals surface area contributed by atoms with E-state index >= 15 is 0 Å². The normalized spacial score (nSPS) is 12.7. The predicted molar refractivity (Wildman–Crippen MR) is 113 cm³/mol. The number of fused-ring (bicyclic) bond motifs is 1. The van der Waals surface area contributed by atoms with Crippen molar-refractivity contribution in [1.29, 1.82) is 0 Å². The highest BCUT2D eigenvalue weighted by atomic mass is 19.4. The zero-order valence-corrected chi connectivity index (χ0v) is 17.6. The minimum atomic E-state index is -4.91. The molecule has 2 aromatic carbocycles. The molecule has 0 fully saturated rings. The van der Waals surface area contributed by atoms with Gasteiger partial charge in [-0.2, -0.15) is 13.2 Å². The van der Waals surface area contributed by atoms with E-state index in [2.05, 4.69) is 10.3 Å². The Bertz CT molecular complexity index is 1150. The average molecular weight is 431 g/mol. The van der Waals surface area contributed by atoms with Gasteiger partial charge in [0.2, 0.25) is 11.6 Å². The first-order valence-corrected chi connectivity index (χ1v) is 9.98. The fourth-order valence-corrected chi connectivity index (χ4v) is 3.40. The molecule has 164 valence electrons. The molecule has 0 saturated heterocycles. The Morgan fingerprint density at radius 3 is 2.42 bits per heavy atom. The standard InChI is InChI=1S/C23H24F3N3O2/c1-14-11-18-19(12-15(14)2)29(22(31)21(28-18)23(24,25)26)13-20(30)27-16(3)9-10-17-7-5-4-6-8-17/h4-8,11-12,16H,9-10,13H2,1-3H3,(H,27,30). The molecule has 0 saturated carbocycles. The summed E-state index contributed by atoms with van der Waals surface area (Å²) in [5, 5.41) is 2.77. The molecule has 0 aliphatic rings. The smallest absolute Gasteiger partial charge is 0.352 e. The Labute approximate surface area is 177 Å². The van der Waals surface area contributed by atoms with Crippen LogP contribution in [-0.2, 0) is 23.9 Å². The molecule has 1 aromatic heterocycles. The molecule has 31 heavy (non-hydrogen) atoms. The van der Waals surface area contributed by atoms with Crippen molar-refractivity contribution in [2.45, 2.75) is 52.4 Å². The maximum atomic E-state index is 13.4. The van der Waals surface area contributed by atoms with E-state index in [0.29, 0.717) is 6.42 Å². The van der Waals surface area contributed by atoms with E-state index in [1.165, 1.54) is 6.07 Å². The van der Waals surface area contributed by atoms with Crippen molar-refractivity contribution >= 4 is 16.9 Å². The first kappa shape index (κ1) is 22.5. The number of nitrogens with one attached hydrogen (secondary N) is 1. The van der Waals surface area contributed by atoms with Crippen LogP contribution in [0.2, 0.25) is 0 Å². The first-order chi connectivity index (χ1) is 14.6.